The van der Waals surface area contributed by atoms with E-state index in [2.05, 4.69) is 37.7 Å². The Morgan fingerprint density at radius 1 is 1.06 bits per heavy atom. The lowest BCUT2D eigenvalue weighted by Crippen LogP contribution is -2.49. The first kappa shape index (κ1) is 26.2. The van der Waals surface area contributed by atoms with Gasteiger partial charge in [0.1, 0.15) is 10.7 Å². The molecule has 0 unspecified atom stereocenters. The fourth-order valence-corrected chi connectivity index (χ4v) is 5.62. The van der Waals surface area contributed by atoms with Gasteiger partial charge in [0, 0.05) is 41.6 Å². The second-order valence-corrected chi connectivity index (χ2v) is 10.9. The monoisotopic (exact) mass is 629 g/mol. The van der Waals surface area contributed by atoms with Gasteiger partial charge in [0.2, 0.25) is 10.0 Å². The predicted molar refractivity (Wildman–Crippen MR) is 138 cm³/mol. The molecule has 1 amide bonds. The van der Waals surface area contributed by atoms with Crippen LogP contribution in [0.5, 0.6) is 0 Å². The van der Waals surface area contributed by atoms with Crippen molar-refractivity contribution in [1.82, 2.24) is 14.8 Å². The lowest BCUT2D eigenvalue weighted by molar-refractivity contribution is 0.0538. The van der Waals surface area contributed by atoms with Crippen LogP contribution in [0.4, 0.5) is 26.0 Å². The van der Waals surface area contributed by atoms with E-state index >= 15 is 8.78 Å². The van der Waals surface area contributed by atoms with Crippen molar-refractivity contribution in [3.8, 4) is 0 Å². The molecule has 2 aromatic carbocycles. The zero-order chi connectivity index (χ0) is 25.9. The number of halogens is 3. The number of hydrogen-bond acceptors (Lipinski definition) is 7. The minimum absolute atomic E-state index is 0.0300. The highest BCUT2D eigenvalue weighted by atomic mass is 127. The second kappa shape index (κ2) is 11.0. The number of carbonyl (C=O) groups excluding carboxylic acids is 1. The summed E-state index contributed by atoms with van der Waals surface area (Å²) < 4.78 is 59.2. The average Bonchev–Trinajstić information content (AvgIpc) is 2.88. The summed E-state index contributed by atoms with van der Waals surface area (Å²) >= 11 is 2.09. The number of hydrogen-bond donors (Lipinski definition) is 2. The molecule has 3 aromatic rings. The first-order chi connectivity index (χ1) is 17.2. The Kier molecular flexibility index (Phi) is 8.02. The lowest BCUT2D eigenvalue weighted by atomic mass is 10.1. The van der Waals surface area contributed by atoms with E-state index in [1.807, 2.05) is 16.4 Å². The molecule has 1 aromatic heterocycles. The second-order valence-electron chi connectivity index (χ2n) is 7.77. The molecular formula is C23H22F2IN5O4S. The number of pyridine rings is 1. The summed E-state index contributed by atoms with van der Waals surface area (Å²) in [5.41, 5.74) is 1.47. The molecule has 0 saturated carbocycles. The number of hydroxylamine groups is 1. The van der Waals surface area contributed by atoms with Gasteiger partial charge in [-0.1, -0.05) is 6.07 Å². The van der Waals surface area contributed by atoms with Crippen LogP contribution in [0.1, 0.15) is 10.4 Å². The van der Waals surface area contributed by atoms with Gasteiger partial charge in [0.25, 0.3) is 5.91 Å². The number of sulfonamides is 1. The van der Waals surface area contributed by atoms with E-state index in [1.54, 1.807) is 42.6 Å². The molecule has 0 radical (unpaired) electrons. The number of nitrogens with one attached hydrogen (secondary N) is 2. The Balaban J connectivity index is 1.67. The van der Waals surface area contributed by atoms with Crippen LogP contribution in [-0.2, 0) is 14.9 Å². The van der Waals surface area contributed by atoms with Crippen molar-refractivity contribution in [2.75, 3.05) is 43.5 Å². The number of rotatable bonds is 7. The van der Waals surface area contributed by atoms with Crippen LogP contribution in [0.25, 0.3) is 0 Å². The van der Waals surface area contributed by atoms with E-state index in [-0.39, 0.29) is 13.1 Å². The van der Waals surface area contributed by atoms with E-state index < -0.39 is 43.7 Å². The Morgan fingerprint density at radius 3 is 2.36 bits per heavy atom. The minimum atomic E-state index is -4.47. The number of carbonyl (C=O) groups is 1. The Bertz CT molecular complexity index is 1350. The molecule has 2 heterocycles. The third-order valence-corrected chi connectivity index (χ3v) is 8.17. The predicted octanol–water partition coefficient (Wildman–Crippen LogP) is 3.51. The molecule has 9 nitrogen and oxygen atoms in total. The molecule has 0 aliphatic carbocycles. The van der Waals surface area contributed by atoms with Gasteiger partial charge in [-0.25, -0.2) is 27.7 Å². The summed E-state index contributed by atoms with van der Waals surface area (Å²) in [6.07, 6.45) is 1.63. The van der Waals surface area contributed by atoms with Gasteiger partial charge in [-0.2, -0.15) is 4.31 Å². The van der Waals surface area contributed by atoms with Gasteiger partial charge in [0.15, 0.2) is 11.6 Å². The molecule has 13 heteroatoms. The standard InChI is InChI=1S/C23H22F2IN5O4S/c1-35-29-23(32)17-14-18(20(24)21(25)22(17)28-16-7-5-15(26)6-8-16)36(33,34)31-12-10-30(11-13-31)19-4-2-3-9-27-19/h2-9,14,28H,10-13H2,1H3,(H,29,32). The summed E-state index contributed by atoms with van der Waals surface area (Å²) in [6, 6.07) is 12.9. The number of amides is 1. The maximum Gasteiger partial charge on any atom is 0.277 e. The molecule has 0 spiro atoms. The quantitative estimate of drug-likeness (QED) is 0.305. The highest BCUT2D eigenvalue weighted by molar-refractivity contribution is 14.1. The maximum atomic E-state index is 15.3. The van der Waals surface area contributed by atoms with Crippen molar-refractivity contribution in [3.63, 3.8) is 0 Å². The van der Waals surface area contributed by atoms with Crippen LogP contribution in [0.3, 0.4) is 0 Å². The number of benzene rings is 2. The topological polar surface area (TPSA) is 104 Å². The fraction of sp³-hybridized carbons (Fsp3) is 0.217. The molecule has 1 saturated heterocycles. The van der Waals surface area contributed by atoms with E-state index in [4.69, 9.17) is 0 Å². The number of aromatic nitrogens is 1. The average molecular weight is 629 g/mol. The van der Waals surface area contributed by atoms with Crippen molar-refractivity contribution in [2.45, 2.75) is 4.90 Å². The summed E-state index contributed by atoms with van der Waals surface area (Å²) in [5.74, 6) is -3.33. The first-order valence-electron chi connectivity index (χ1n) is 10.8. The van der Waals surface area contributed by atoms with Gasteiger partial charge < -0.3 is 10.2 Å². The van der Waals surface area contributed by atoms with E-state index in [0.717, 1.165) is 13.9 Å². The van der Waals surface area contributed by atoms with Crippen LogP contribution in [0, 0.1) is 15.2 Å². The van der Waals surface area contributed by atoms with Gasteiger partial charge in [0.05, 0.1) is 18.4 Å². The van der Waals surface area contributed by atoms with E-state index in [0.29, 0.717) is 24.6 Å². The van der Waals surface area contributed by atoms with Gasteiger partial charge in [-0.15, -0.1) is 0 Å². The Morgan fingerprint density at radius 2 is 1.75 bits per heavy atom. The van der Waals surface area contributed by atoms with Gasteiger partial charge in [-0.05, 0) is 65.1 Å². The highest BCUT2D eigenvalue weighted by Gasteiger charge is 2.35. The van der Waals surface area contributed by atoms with Crippen molar-refractivity contribution in [1.29, 1.82) is 0 Å². The first-order valence-corrected chi connectivity index (χ1v) is 13.3. The molecule has 4 rings (SSSR count). The smallest absolute Gasteiger partial charge is 0.277 e. The molecular weight excluding hydrogens is 607 g/mol. The van der Waals surface area contributed by atoms with Crippen molar-refractivity contribution in [2.24, 2.45) is 0 Å². The number of piperazine rings is 1. The van der Waals surface area contributed by atoms with Crippen LogP contribution < -0.4 is 15.7 Å². The van der Waals surface area contributed by atoms with Gasteiger partial charge in [-0.3, -0.25) is 9.63 Å². The van der Waals surface area contributed by atoms with Crippen LogP contribution in [-0.4, -0.2) is 56.9 Å². The fourth-order valence-electron chi connectivity index (χ4n) is 3.75. The van der Waals surface area contributed by atoms with Crippen molar-refractivity contribution < 1.29 is 26.8 Å². The third-order valence-electron chi connectivity index (χ3n) is 5.56. The molecule has 0 bridgehead atoms. The largest absolute Gasteiger partial charge is 0.354 e. The molecule has 0 atom stereocenters. The zero-order valence-electron chi connectivity index (χ0n) is 19.0. The van der Waals surface area contributed by atoms with Crippen LogP contribution in [0.15, 0.2) is 59.6 Å². The van der Waals surface area contributed by atoms with Gasteiger partial charge >= 0.3 is 0 Å². The number of anilines is 3. The Labute approximate surface area is 220 Å². The molecule has 36 heavy (non-hydrogen) atoms. The zero-order valence-corrected chi connectivity index (χ0v) is 22.0. The van der Waals surface area contributed by atoms with Crippen LogP contribution in [0.2, 0.25) is 0 Å². The summed E-state index contributed by atoms with van der Waals surface area (Å²) in [6.45, 7) is 0.679. The minimum Gasteiger partial charge on any atom is -0.354 e. The van der Waals surface area contributed by atoms with E-state index in [9.17, 15) is 13.2 Å². The SMILES string of the molecule is CONC(=O)c1cc(S(=O)(=O)N2CCN(c3ccccn3)CC2)c(F)c(F)c1Nc1ccc(I)cc1. The van der Waals surface area contributed by atoms with E-state index in [1.165, 1.54) is 7.11 Å². The highest BCUT2D eigenvalue weighted by Crippen LogP contribution is 2.33. The number of nitrogens with zero attached hydrogens (tertiary/aromatic N) is 3. The molecule has 1 fully saturated rings. The molecule has 1 aliphatic heterocycles. The maximum absolute atomic E-state index is 15.3. The lowest BCUT2D eigenvalue weighted by Gasteiger charge is -2.34. The summed E-state index contributed by atoms with van der Waals surface area (Å²) in [7, 11) is -3.30. The Hall–Kier alpha value is -2.88. The van der Waals surface area contributed by atoms with Crippen LogP contribution >= 0.6 is 22.6 Å². The molecule has 2 N–H and O–H groups in total. The normalized spacial score (nSPS) is 14.5. The third kappa shape index (κ3) is 5.43. The molecule has 190 valence electrons. The summed E-state index contributed by atoms with van der Waals surface area (Å²) in [5, 5.41) is 2.67. The summed E-state index contributed by atoms with van der Waals surface area (Å²) in [4.78, 5) is 22.5. The van der Waals surface area contributed by atoms with Crippen molar-refractivity contribution in [3.05, 3.63) is 75.5 Å². The molecule has 1 aliphatic rings. The van der Waals surface area contributed by atoms with Crippen molar-refractivity contribution >= 4 is 55.7 Å².